The van der Waals surface area contributed by atoms with Gasteiger partial charge in [0.25, 0.3) is 0 Å². The van der Waals surface area contributed by atoms with Gasteiger partial charge in [-0.3, -0.25) is 14.6 Å². The lowest BCUT2D eigenvalue weighted by Crippen LogP contribution is -2.48. The second kappa shape index (κ2) is 7.38. The number of nitrogens with zero attached hydrogens (tertiary/aromatic N) is 2. The number of hydrogen-bond donors (Lipinski definition) is 0. The van der Waals surface area contributed by atoms with Crippen LogP contribution in [0.4, 0.5) is 0 Å². The van der Waals surface area contributed by atoms with Gasteiger partial charge in [-0.2, -0.15) is 0 Å². The molecule has 0 aromatic carbocycles. The van der Waals surface area contributed by atoms with Gasteiger partial charge in [-0.15, -0.1) is 0 Å². The molecule has 0 N–H and O–H groups in total. The van der Waals surface area contributed by atoms with E-state index in [1.165, 1.54) is 7.11 Å². The van der Waals surface area contributed by atoms with Crippen molar-refractivity contribution in [3.63, 3.8) is 0 Å². The van der Waals surface area contributed by atoms with Crippen molar-refractivity contribution < 1.29 is 14.3 Å². The van der Waals surface area contributed by atoms with E-state index >= 15 is 0 Å². The number of methoxy groups -OCH3 is 1. The standard InChI is InChI=1S/C15H28N2O3/c1-12(2)8-17-6-7-20-14(11-17)10-16-5-4-13(9-16)15(18)19-3/h12-14H,4-11H2,1-3H3. The first kappa shape index (κ1) is 15.7. The molecule has 2 fully saturated rings. The monoisotopic (exact) mass is 284 g/mol. The number of esters is 1. The van der Waals surface area contributed by atoms with Crippen LogP contribution in [0, 0.1) is 11.8 Å². The Morgan fingerprint density at radius 1 is 1.30 bits per heavy atom. The summed E-state index contributed by atoms with van der Waals surface area (Å²) in [6, 6.07) is 0. The number of rotatable bonds is 5. The van der Waals surface area contributed by atoms with Gasteiger partial charge in [0.05, 0.1) is 25.7 Å². The number of carbonyl (C=O) groups is 1. The summed E-state index contributed by atoms with van der Waals surface area (Å²) in [5.74, 6) is 0.679. The van der Waals surface area contributed by atoms with Crippen LogP contribution in [0.1, 0.15) is 20.3 Å². The molecule has 0 bridgehead atoms. The van der Waals surface area contributed by atoms with Crippen molar-refractivity contribution in [3.05, 3.63) is 0 Å². The Kier molecular flexibility index (Phi) is 5.81. The Morgan fingerprint density at radius 2 is 2.10 bits per heavy atom. The molecule has 2 saturated heterocycles. The van der Waals surface area contributed by atoms with E-state index in [2.05, 4.69) is 23.6 Å². The highest BCUT2D eigenvalue weighted by molar-refractivity contribution is 5.72. The highest BCUT2D eigenvalue weighted by atomic mass is 16.5. The molecule has 116 valence electrons. The van der Waals surface area contributed by atoms with Crippen molar-refractivity contribution in [1.29, 1.82) is 0 Å². The molecule has 0 aromatic heterocycles. The van der Waals surface area contributed by atoms with Gasteiger partial charge in [-0.05, 0) is 18.9 Å². The first-order chi connectivity index (χ1) is 9.58. The minimum absolute atomic E-state index is 0.0513. The fraction of sp³-hybridized carbons (Fsp3) is 0.933. The number of likely N-dealkylation sites (tertiary alicyclic amines) is 1. The highest BCUT2D eigenvalue weighted by Crippen LogP contribution is 2.19. The summed E-state index contributed by atoms with van der Waals surface area (Å²) in [4.78, 5) is 16.4. The predicted octanol–water partition coefficient (Wildman–Crippen LogP) is 0.838. The van der Waals surface area contributed by atoms with Crippen molar-refractivity contribution in [1.82, 2.24) is 9.80 Å². The average molecular weight is 284 g/mol. The van der Waals surface area contributed by atoms with Crippen LogP contribution in [0.3, 0.4) is 0 Å². The normalized spacial score (nSPS) is 29.0. The molecule has 2 heterocycles. The highest BCUT2D eigenvalue weighted by Gasteiger charge is 2.31. The third kappa shape index (κ3) is 4.43. The Balaban J connectivity index is 1.75. The maximum Gasteiger partial charge on any atom is 0.310 e. The Morgan fingerprint density at radius 3 is 2.80 bits per heavy atom. The fourth-order valence-corrected chi connectivity index (χ4v) is 3.22. The zero-order chi connectivity index (χ0) is 14.5. The Bertz CT molecular complexity index is 322. The van der Waals surface area contributed by atoms with Crippen molar-refractivity contribution in [3.8, 4) is 0 Å². The quantitative estimate of drug-likeness (QED) is 0.700. The average Bonchev–Trinajstić information content (AvgIpc) is 2.86. The van der Waals surface area contributed by atoms with Crippen molar-refractivity contribution in [2.75, 3.05) is 53.0 Å². The number of carbonyl (C=O) groups excluding carboxylic acids is 1. The number of ether oxygens (including phenoxy) is 2. The molecule has 5 heteroatoms. The Hall–Kier alpha value is -0.650. The number of hydrogen-bond acceptors (Lipinski definition) is 5. The lowest BCUT2D eigenvalue weighted by Gasteiger charge is -2.35. The molecular formula is C15H28N2O3. The summed E-state index contributed by atoms with van der Waals surface area (Å²) in [7, 11) is 1.47. The van der Waals surface area contributed by atoms with Crippen molar-refractivity contribution >= 4 is 5.97 Å². The summed E-state index contributed by atoms with van der Waals surface area (Å²) >= 11 is 0. The molecule has 20 heavy (non-hydrogen) atoms. The second-order valence-corrected chi connectivity index (χ2v) is 6.41. The molecule has 5 nitrogen and oxygen atoms in total. The number of morpholine rings is 1. The SMILES string of the molecule is COC(=O)C1CCN(CC2CN(CC(C)C)CCO2)C1. The summed E-state index contributed by atoms with van der Waals surface area (Å²) < 4.78 is 10.7. The minimum atomic E-state index is -0.0708. The van der Waals surface area contributed by atoms with Gasteiger partial charge in [-0.25, -0.2) is 0 Å². The van der Waals surface area contributed by atoms with E-state index in [1.807, 2.05) is 0 Å². The molecule has 2 aliphatic heterocycles. The molecule has 2 rings (SSSR count). The van der Waals surface area contributed by atoms with Crippen molar-refractivity contribution in [2.24, 2.45) is 11.8 Å². The molecule has 0 radical (unpaired) electrons. The van der Waals surface area contributed by atoms with E-state index in [-0.39, 0.29) is 18.0 Å². The van der Waals surface area contributed by atoms with Crippen LogP contribution in [0.5, 0.6) is 0 Å². The van der Waals surface area contributed by atoms with Crippen LogP contribution in [-0.2, 0) is 14.3 Å². The molecule has 2 aliphatic rings. The molecule has 2 unspecified atom stereocenters. The lowest BCUT2D eigenvalue weighted by molar-refractivity contribution is -0.145. The second-order valence-electron chi connectivity index (χ2n) is 6.41. The van der Waals surface area contributed by atoms with Gasteiger partial charge in [0.1, 0.15) is 0 Å². The third-order valence-corrected chi connectivity index (χ3v) is 4.11. The minimum Gasteiger partial charge on any atom is -0.469 e. The summed E-state index contributed by atoms with van der Waals surface area (Å²) in [6.07, 6.45) is 1.19. The molecule has 0 saturated carbocycles. The van der Waals surface area contributed by atoms with Crippen LogP contribution in [0.2, 0.25) is 0 Å². The van der Waals surface area contributed by atoms with Gasteiger partial charge in [0.2, 0.25) is 0 Å². The molecule has 0 aliphatic carbocycles. The summed E-state index contributed by atoms with van der Waals surface area (Å²) in [5, 5.41) is 0. The maximum absolute atomic E-state index is 11.5. The molecule has 0 amide bonds. The summed E-state index contributed by atoms with van der Waals surface area (Å²) in [6.45, 7) is 11.3. The molecule has 2 atom stereocenters. The van der Waals surface area contributed by atoms with Crippen LogP contribution in [0.25, 0.3) is 0 Å². The first-order valence-corrected chi connectivity index (χ1v) is 7.72. The lowest BCUT2D eigenvalue weighted by atomic mass is 10.1. The van der Waals surface area contributed by atoms with Crippen LogP contribution in [0.15, 0.2) is 0 Å². The Labute approximate surface area is 122 Å². The van der Waals surface area contributed by atoms with Crippen LogP contribution >= 0.6 is 0 Å². The van der Waals surface area contributed by atoms with Gasteiger partial charge in [0, 0.05) is 32.7 Å². The van der Waals surface area contributed by atoms with Crippen molar-refractivity contribution in [2.45, 2.75) is 26.4 Å². The van der Waals surface area contributed by atoms with Gasteiger partial charge >= 0.3 is 5.97 Å². The zero-order valence-corrected chi connectivity index (χ0v) is 13.0. The van der Waals surface area contributed by atoms with E-state index in [4.69, 9.17) is 9.47 Å². The zero-order valence-electron chi connectivity index (χ0n) is 13.0. The maximum atomic E-state index is 11.5. The molecular weight excluding hydrogens is 256 g/mol. The van der Waals surface area contributed by atoms with Crippen LogP contribution < -0.4 is 0 Å². The smallest absolute Gasteiger partial charge is 0.310 e. The van der Waals surface area contributed by atoms with Crippen LogP contribution in [-0.4, -0.2) is 74.9 Å². The topological polar surface area (TPSA) is 42.0 Å². The molecule has 0 aromatic rings. The van der Waals surface area contributed by atoms with E-state index in [1.54, 1.807) is 0 Å². The largest absolute Gasteiger partial charge is 0.469 e. The fourth-order valence-electron chi connectivity index (χ4n) is 3.22. The third-order valence-electron chi connectivity index (χ3n) is 4.11. The van der Waals surface area contributed by atoms with E-state index < -0.39 is 0 Å². The van der Waals surface area contributed by atoms with Gasteiger partial charge in [-0.1, -0.05) is 13.8 Å². The molecule has 0 spiro atoms. The van der Waals surface area contributed by atoms with E-state index in [0.717, 1.165) is 52.3 Å². The van der Waals surface area contributed by atoms with Gasteiger partial charge < -0.3 is 9.47 Å². The van der Waals surface area contributed by atoms with Gasteiger partial charge in [0.15, 0.2) is 0 Å². The van der Waals surface area contributed by atoms with E-state index in [0.29, 0.717) is 5.92 Å². The summed E-state index contributed by atoms with van der Waals surface area (Å²) in [5.41, 5.74) is 0. The van der Waals surface area contributed by atoms with E-state index in [9.17, 15) is 4.79 Å². The first-order valence-electron chi connectivity index (χ1n) is 7.72. The predicted molar refractivity (Wildman–Crippen MR) is 77.6 cm³/mol.